The molecule has 3 fully saturated rings. The van der Waals surface area contributed by atoms with Crippen LogP contribution in [-0.4, -0.2) is 75.8 Å². The molecule has 1 amide bonds. The third kappa shape index (κ3) is 3.69. The number of hydrogen-bond acceptors (Lipinski definition) is 7. The van der Waals surface area contributed by atoms with Crippen LogP contribution < -0.4 is 5.32 Å². The fraction of sp³-hybridized carbons (Fsp3) is 0.647. The molecule has 2 saturated carbocycles. The molecule has 2 bridgehead atoms. The number of fused-ring (bicyclic) bond motifs is 9. The van der Waals surface area contributed by atoms with Crippen LogP contribution in [0.5, 0.6) is 0 Å². The van der Waals surface area contributed by atoms with Crippen LogP contribution >= 0.6 is 0 Å². The summed E-state index contributed by atoms with van der Waals surface area (Å²) in [5, 5.41) is 27.0. The van der Waals surface area contributed by atoms with Gasteiger partial charge in [-0.1, -0.05) is 45.9 Å². The Bertz CT molecular complexity index is 1560. The fourth-order valence-corrected chi connectivity index (χ4v) is 9.21. The first-order valence-corrected chi connectivity index (χ1v) is 15.6. The summed E-state index contributed by atoms with van der Waals surface area (Å²) in [5.74, 6) is -1.65. The van der Waals surface area contributed by atoms with E-state index in [9.17, 15) is 19.8 Å². The number of rotatable bonds is 6. The minimum absolute atomic E-state index is 0.0639. The predicted octanol–water partition coefficient (Wildman–Crippen LogP) is 3.45. The van der Waals surface area contributed by atoms with Crippen molar-refractivity contribution in [3.05, 3.63) is 47.2 Å². The number of aliphatic hydroxyl groups excluding tert-OH is 1. The number of ketones is 1. The van der Waals surface area contributed by atoms with Crippen LogP contribution in [0.2, 0.25) is 0 Å². The van der Waals surface area contributed by atoms with Crippen LogP contribution in [0.15, 0.2) is 35.9 Å². The summed E-state index contributed by atoms with van der Waals surface area (Å²) in [6, 6.07) is 8.32. The van der Waals surface area contributed by atoms with E-state index in [4.69, 9.17) is 14.2 Å². The number of benzene rings is 1. The number of carbonyl (C=O) groups is 2. The van der Waals surface area contributed by atoms with E-state index in [1.54, 1.807) is 6.08 Å². The molecule has 1 spiro atoms. The third-order valence-corrected chi connectivity index (χ3v) is 11.8. The number of amides is 1. The van der Waals surface area contributed by atoms with Crippen molar-refractivity contribution in [1.29, 1.82) is 0 Å². The lowest BCUT2D eigenvalue weighted by molar-refractivity contribution is -0.279. The van der Waals surface area contributed by atoms with Crippen molar-refractivity contribution in [3.8, 4) is 0 Å². The second-order valence-electron chi connectivity index (χ2n) is 15.3. The number of nitrogens with one attached hydrogen (secondary N) is 2. The number of ether oxygens (including phenoxy) is 3. The van der Waals surface area contributed by atoms with Crippen molar-refractivity contribution in [1.82, 2.24) is 10.3 Å². The van der Waals surface area contributed by atoms with Crippen molar-refractivity contribution in [3.63, 3.8) is 0 Å². The van der Waals surface area contributed by atoms with Gasteiger partial charge in [0.15, 0.2) is 17.7 Å². The molecule has 1 aromatic carbocycles. The van der Waals surface area contributed by atoms with Crippen molar-refractivity contribution in [2.45, 2.75) is 102 Å². The van der Waals surface area contributed by atoms with Gasteiger partial charge in [-0.15, -0.1) is 0 Å². The average molecular weight is 593 g/mol. The second kappa shape index (κ2) is 9.01. The molecule has 1 saturated heterocycles. The molecule has 43 heavy (non-hydrogen) atoms. The predicted molar refractivity (Wildman–Crippen MR) is 159 cm³/mol. The highest BCUT2D eigenvalue weighted by molar-refractivity contribution is 5.97. The number of aliphatic hydroxyl groups is 2. The monoisotopic (exact) mass is 592 g/mol. The largest absolute Gasteiger partial charge is 0.396 e. The van der Waals surface area contributed by atoms with Gasteiger partial charge in [-0.3, -0.25) is 9.59 Å². The summed E-state index contributed by atoms with van der Waals surface area (Å²) in [4.78, 5) is 30.2. The summed E-state index contributed by atoms with van der Waals surface area (Å²) >= 11 is 0. The number of H-pyrrole nitrogens is 1. The number of aromatic amines is 1. The minimum atomic E-state index is -1.67. The van der Waals surface area contributed by atoms with Crippen molar-refractivity contribution >= 4 is 22.6 Å². The van der Waals surface area contributed by atoms with Crippen LogP contribution in [0.3, 0.4) is 0 Å². The maximum Gasteiger partial charge on any atom is 0.246 e. The van der Waals surface area contributed by atoms with Crippen molar-refractivity contribution in [2.75, 3.05) is 19.8 Å². The molecule has 9 heteroatoms. The maximum absolute atomic E-state index is 13.5. The van der Waals surface area contributed by atoms with Crippen LogP contribution in [0.25, 0.3) is 10.9 Å². The van der Waals surface area contributed by atoms with E-state index in [-0.39, 0.29) is 30.8 Å². The molecule has 3 heterocycles. The first-order valence-electron chi connectivity index (χ1n) is 15.6. The van der Waals surface area contributed by atoms with Gasteiger partial charge in [0.1, 0.15) is 17.8 Å². The van der Waals surface area contributed by atoms with Gasteiger partial charge in [-0.25, -0.2) is 0 Å². The molecule has 2 aliphatic heterocycles. The van der Waals surface area contributed by atoms with E-state index in [1.807, 2.05) is 33.8 Å². The highest BCUT2D eigenvalue weighted by atomic mass is 16.8. The number of para-hydroxylation sites is 1. The molecular weight excluding hydrogens is 548 g/mol. The summed E-state index contributed by atoms with van der Waals surface area (Å²) in [7, 11) is 0. The van der Waals surface area contributed by atoms with E-state index in [1.165, 1.54) is 10.9 Å². The summed E-state index contributed by atoms with van der Waals surface area (Å²) in [6.45, 7) is 11.8. The molecule has 232 valence electrons. The van der Waals surface area contributed by atoms with Crippen LogP contribution in [-0.2, 0) is 35.6 Å². The average Bonchev–Trinajstić information content (AvgIpc) is 3.55. The van der Waals surface area contributed by atoms with Gasteiger partial charge in [0.25, 0.3) is 0 Å². The zero-order valence-corrected chi connectivity index (χ0v) is 26.0. The molecule has 2 aromatic rings. The highest BCUT2D eigenvalue weighted by Gasteiger charge is 2.78. The molecule has 5 aliphatic rings. The molecule has 4 N–H and O–H groups in total. The molecular formula is C34H44N2O7. The van der Waals surface area contributed by atoms with Gasteiger partial charge in [0.2, 0.25) is 5.91 Å². The van der Waals surface area contributed by atoms with Crippen molar-refractivity contribution < 1.29 is 34.0 Å². The number of aromatic nitrogens is 1. The lowest BCUT2D eigenvalue weighted by atomic mass is 9.41. The smallest absolute Gasteiger partial charge is 0.246 e. The quantitative estimate of drug-likeness (QED) is 0.404. The van der Waals surface area contributed by atoms with Gasteiger partial charge >= 0.3 is 0 Å². The molecule has 9 nitrogen and oxygen atoms in total. The highest BCUT2D eigenvalue weighted by Crippen LogP contribution is 2.72. The topological polar surface area (TPSA) is 130 Å². The lowest BCUT2D eigenvalue weighted by Gasteiger charge is -2.67. The van der Waals surface area contributed by atoms with E-state index in [0.717, 1.165) is 17.6 Å². The summed E-state index contributed by atoms with van der Waals surface area (Å²) in [6.07, 6.45) is 2.40. The van der Waals surface area contributed by atoms with Crippen LogP contribution in [0.4, 0.5) is 0 Å². The number of carbonyl (C=O) groups excluding carboxylic acids is 2. The molecule has 7 rings (SSSR count). The molecule has 3 aliphatic carbocycles. The Balaban J connectivity index is 1.32. The van der Waals surface area contributed by atoms with Gasteiger partial charge in [-0.05, 0) is 56.7 Å². The standard InChI is InChI=1S/C34H44N2O7/c1-29(2,18-37)17-35-26(39)16-41-25-14-19-13-21-20-9-7-8-10-22(20)36-27(21)32(19,6)31(5)11-12-33-24(34(25,31)40)15-23(38)28(42-33)30(3,4)43-33/h7-10,15,19,25,28,36-37,40H,11-14,16-18H2,1-6H3,(H,35,39)/t19-,25+,28+,31?,32-,33+,34+/m1/s1. The Morgan fingerprint density at radius 1 is 1.19 bits per heavy atom. The Hall–Kier alpha value is -2.56. The van der Waals surface area contributed by atoms with Gasteiger partial charge in [0.05, 0.1) is 6.10 Å². The summed E-state index contributed by atoms with van der Waals surface area (Å²) < 4.78 is 19.5. The van der Waals surface area contributed by atoms with Crippen LogP contribution in [0, 0.1) is 16.7 Å². The molecule has 7 atom stereocenters. The summed E-state index contributed by atoms with van der Waals surface area (Å²) in [5.41, 5.74) is -0.384. The first kappa shape index (κ1) is 29.2. The van der Waals surface area contributed by atoms with E-state index in [2.05, 4.69) is 42.3 Å². The maximum atomic E-state index is 13.5. The zero-order chi connectivity index (χ0) is 30.8. The van der Waals surface area contributed by atoms with E-state index in [0.29, 0.717) is 31.4 Å². The Labute approximate surface area is 252 Å². The van der Waals surface area contributed by atoms with E-state index >= 15 is 0 Å². The Kier molecular flexibility index (Phi) is 6.11. The van der Waals surface area contributed by atoms with Gasteiger partial charge < -0.3 is 34.7 Å². The lowest BCUT2D eigenvalue weighted by Crippen LogP contribution is -2.75. The second-order valence-corrected chi connectivity index (χ2v) is 15.3. The molecule has 0 radical (unpaired) electrons. The zero-order valence-electron chi connectivity index (χ0n) is 26.0. The molecule has 1 unspecified atom stereocenters. The first-order chi connectivity index (χ1) is 20.1. The van der Waals surface area contributed by atoms with Crippen molar-refractivity contribution in [2.24, 2.45) is 16.7 Å². The third-order valence-electron chi connectivity index (χ3n) is 11.8. The SMILES string of the molecule is CC(C)(CO)CNC(=O)CO[C@H]1C[C@H]2Cc3c([nH]c4ccccc34)[C@]2(C)C2(C)CC[C@@]34O[C@@H](C(=O)C=C3[C@]12O)C(C)(C)O4. The fourth-order valence-electron chi connectivity index (χ4n) is 9.21. The van der Waals surface area contributed by atoms with Gasteiger partial charge in [0, 0.05) is 58.0 Å². The van der Waals surface area contributed by atoms with Gasteiger partial charge in [-0.2, -0.15) is 0 Å². The Morgan fingerprint density at radius 3 is 2.67 bits per heavy atom. The molecule has 1 aromatic heterocycles. The van der Waals surface area contributed by atoms with E-state index < -0.39 is 45.4 Å². The minimum Gasteiger partial charge on any atom is -0.396 e. The Morgan fingerprint density at radius 2 is 1.93 bits per heavy atom. The number of hydrogen-bond donors (Lipinski definition) is 4. The normalized spacial score (nSPS) is 39.1. The van der Waals surface area contributed by atoms with Crippen LogP contribution in [0.1, 0.15) is 72.1 Å².